The molecule has 0 amide bonds. The number of hydrogen-bond donors (Lipinski definition) is 1. The van der Waals surface area contributed by atoms with Crippen LogP contribution in [0.5, 0.6) is 0 Å². The zero-order chi connectivity index (χ0) is 10.3. The van der Waals surface area contributed by atoms with Gasteiger partial charge in [0, 0.05) is 18.8 Å². The molecule has 0 saturated heterocycles. The standard InChI is InChI=1S/C10H23NOS/c1-10(2,3)9-11(4)5-6-12-7-8-13/h13H,5-9H2,1-4H3. The molecule has 0 N–H and O–H groups in total. The lowest BCUT2D eigenvalue weighted by Gasteiger charge is -2.26. The maximum absolute atomic E-state index is 5.35. The van der Waals surface area contributed by atoms with E-state index in [0.29, 0.717) is 5.41 Å². The molecule has 0 heterocycles. The molecule has 0 aliphatic rings. The Balaban J connectivity index is 3.35. The van der Waals surface area contributed by atoms with E-state index in [1.807, 2.05) is 0 Å². The molecular weight excluding hydrogens is 182 g/mol. The predicted molar refractivity (Wildman–Crippen MR) is 61.6 cm³/mol. The van der Waals surface area contributed by atoms with Gasteiger partial charge < -0.3 is 9.64 Å². The van der Waals surface area contributed by atoms with E-state index in [4.69, 9.17) is 4.74 Å². The Hall–Kier alpha value is 0.270. The summed E-state index contributed by atoms with van der Waals surface area (Å²) < 4.78 is 5.35. The summed E-state index contributed by atoms with van der Waals surface area (Å²) in [5.41, 5.74) is 0.373. The SMILES string of the molecule is CN(CCOCCS)CC(C)(C)C. The molecule has 0 aromatic rings. The first-order valence-electron chi connectivity index (χ1n) is 4.83. The molecule has 0 rings (SSSR count). The number of rotatable bonds is 6. The van der Waals surface area contributed by atoms with Gasteiger partial charge in [0.25, 0.3) is 0 Å². The number of ether oxygens (including phenoxy) is 1. The van der Waals surface area contributed by atoms with E-state index >= 15 is 0 Å². The van der Waals surface area contributed by atoms with Crippen molar-refractivity contribution in [3.05, 3.63) is 0 Å². The van der Waals surface area contributed by atoms with Gasteiger partial charge in [-0.2, -0.15) is 12.6 Å². The van der Waals surface area contributed by atoms with E-state index in [0.717, 1.165) is 32.1 Å². The van der Waals surface area contributed by atoms with Crippen molar-refractivity contribution in [2.24, 2.45) is 5.41 Å². The predicted octanol–water partition coefficient (Wildman–Crippen LogP) is 1.91. The first-order chi connectivity index (χ1) is 5.95. The van der Waals surface area contributed by atoms with Crippen LogP contribution in [0.15, 0.2) is 0 Å². The largest absolute Gasteiger partial charge is 0.379 e. The first-order valence-corrected chi connectivity index (χ1v) is 5.46. The third kappa shape index (κ3) is 10.2. The van der Waals surface area contributed by atoms with E-state index in [9.17, 15) is 0 Å². The van der Waals surface area contributed by atoms with Crippen molar-refractivity contribution in [2.45, 2.75) is 20.8 Å². The molecule has 80 valence electrons. The first kappa shape index (κ1) is 13.3. The zero-order valence-corrected chi connectivity index (χ0v) is 10.2. The lowest BCUT2D eigenvalue weighted by atomic mass is 9.96. The van der Waals surface area contributed by atoms with Crippen LogP contribution in [-0.4, -0.2) is 44.0 Å². The molecule has 0 spiro atoms. The number of nitrogens with zero attached hydrogens (tertiary/aromatic N) is 1. The van der Waals surface area contributed by atoms with E-state index in [1.165, 1.54) is 0 Å². The van der Waals surface area contributed by atoms with E-state index < -0.39 is 0 Å². The molecule has 0 fully saturated rings. The Labute approximate surface area is 88.1 Å². The van der Waals surface area contributed by atoms with Crippen LogP contribution in [0.3, 0.4) is 0 Å². The fraction of sp³-hybridized carbons (Fsp3) is 1.00. The Morgan fingerprint density at radius 2 is 1.85 bits per heavy atom. The zero-order valence-electron chi connectivity index (χ0n) is 9.34. The summed E-state index contributed by atoms with van der Waals surface area (Å²) in [6.45, 7) is 10.4. The summed E-state index contributed by atoms with van der Waals surface area (Å²) in [7, 11) is 2.13. The Morgan fingerprint density at radius 1 is 1.23 bits per heavy atom. The van der Waals surface area contributed by atoms with Crippen LogP contribution in [0, 0.1) is 5.41 Å². The molecule has 0 saturated carbocycles. The van der Waals surface area contributed by atoms with Crippen molar-refractivity contribution in [1.82, 2.24) is 4.90 Å². The van der Waals surface area contributed by atoms with Gasteiger partial charge in [0.1, 0.15) is 0 Å². The van der Waals surface area contributed by atoms with Crippen molar-refractivity contribution in [3.63, 3.8) is 0 Å². The Morgan fingerprint density at radius 3 is 2.31 bits per heavy atom. The lowest BCUT2D eigenvalue weighted by molar-refractivity contribution is 0.112. The third-order valence-corrected chi connectivity index (χ3v) is 1.78. The quantitative estimate of drug-likeness (QED) is 0.525. The number of hydrogen-bond acceptors (Lipinski definition) is 3. The van der Waals surface area contributed by atoms with Crippen LogP contribution in [-0.2, 0) is 4.74 Å². The molecule has 0 aliphatic heterocycles. The van der Waals surface area contributed by atoms with E-state index in [-0.39, 0.29) is 0 Å². The molecule has 0 aromatic heterocycles. The molecule has 0 aromatic carbocycles. The maximum atomic E-state index is 5.35. The summed E-state index contributed by atoms with van der Waals surface area (Å²) in [6.07, 6.45) is 0. The van der Waals surface area contributed by atoms with Gasteiger partial charge in [-0.3, -0.25) is 0 Å². The molecule has 2 nitrogen and oxygen atoms in total. The second kappa shape index (κ2) is 6.68. The fourth-order valence-electron chi connectivity index (χ4n) is 1.28. The molecule has 3 heteroatoms. The minimum absolute atomic E-state index is 0.373. The fourth-order valence-corrected chi connectivity index (χ4v) is 1.40. The highest BCUT2D eigenvalue weighted by atomic mass is 32.1. The van der Waals surface area contributed by atoms with Gasteiger partial charge in [-0.25, -0.2) is 0 Å². The van der Waals surface area contributed by atoms with Gasteiger partial charge in [0.05, 0.1) is 13.2 Å². The third-order valence-electron chi connectivity index (χ3n) is 1.60. The van der Waals surface area contributed by atoms with Gasteiger partial charge in [-0.1, -0.05) is 20.8 Å². The highest BCUT2D eigenvalue weighted by molar-refractivity contribution is 7.80. The normalized spacial score (nSPS) is 12.5. The van der Waals surface area contributed by atoms with Crippen molar-refractivity contribution in [3.8, 4) is 0 Å². The van der Waals surface area contributed by atoms with Gasteiger partial charge in [-0.15, -0.1) is 0 Å². The molecule has 0 unspecified atom stereocenters. The van der Waals surface area contributed by atoms with Gasteiger partial charge in [-0.05, 0) is 12.5 Å². The minimum Gasteiger partial charge on any atom is -0.379 e. The average molecular weight is 205 g/mol. The summed E-state index contributed by atoms with van der Waals surface area (Å²) in [6, 6.07) is 0. The van der Waals surface area contributed by atoms with Crippen molar-refractivity contribution in [2.75, 3.05) is 39.1 Å². The smallest absolute Gasteiger partial charge is 0.0593 e. The van der Waals surface area contributed by atoms with Crippen LogP contribution < -0.4 is 0 Å². The second-order valence-electron chi connectivity index (χ2n) is 4.63. The molecule has 0 aliphatic carbocycles. The van der Waals surface area contributed by atoms with Crippen molar-refractivity contribution in [1.29, 1.82) is 0 Å². The summed E-state index contributed by atoms with van der Waals surface area (Å²) in [5, 5.41) is 0. The Bertz CT molecular complexity index is 123. The molecule has 0 radical (unpaired) electrons. The van der Waals surface area contributed by atoms with E-state index in [2.05, 4.69) is 45.3 Å². The molecule has 13 heavy (non-hydrogen) atoms. The van der Waals surface area contributed by atoms with Crippen molar-refractivity contribution < 1.29 is 4.74 Å². The van der Waals surface area contributed by atoms with Crippen molar-refractivity contribution >= 4 is 12.6 Å². The number of thiol groups is 1. The van der Waals surface area contributed by atoms with Crippen LogP contribution >= 0.6 is 12.6 Å². The van der Waals surface area contributed by atoms with Crippen LogP contribution in [0.25, 0.3) is 0 Å². The van der Waals surface area contributed by atoms with Gasteiger partial charge in [0.15, 0.2) is 0 Å². The summed E-state index contributed by atoms with van der Waals surface area (Å²) in [4.78, 5) is 2.30. The monoisotopic (exact) mass is 205 g/mol. The highest BCUT2D eigenvalue weighted by Crippen LogP contribution is 2.13. The number of likely N-dealkylation sites (N-methyl/N-ethyl adjacent to an activating group) is 1. The van der Waals surface area contributed by atoms with Gasteiger partial charge in [0.2, 0.25) is 0 Å². The molecule has 0 atom stereocenters. The van der Waals surface area contributed by atoms with Crippen LogP contribution in [0.1, 0.15) is 20.8 Å². The van der Waals surface area contributed by atoms with Crippen LogP contribution in [0.2, 0.25) is 0 Å². The highest BCUT2D eigenvalue weighted by Gasteiger charge is 2.12. The minimum atomic E-state index is 0.373. The van der Waals surface area contributed by atoms with E-state index in [1.54, 1.807) is 0 Å². The molecular formula is C10H23NOS. The average Bonchev–Trinajstić information content (AvgIpc) is 1.94. The maximum Gasteiger partial charge on any atom is 0.0593 e. The molecule has 0 bridgehead atoms. The lowest BCUT2D eigenvalue weighted by Crippen LogP contribution is -2.32. The Kier molecular flexibility index (Phi) is 6.82. The topological polar surface area (TPSA) is 12.5 Å². The van der Waals surface area contributed by atoms with Crippen LogP contribution in [0.4, 0.5) is 0 Å². The second-order valence-corrected chi connectivity index (χ2v) is 5.08. The summed E-state index contributed by atoms with van der Waals surface area (Å²) >= 11 is 4.08. The van der Waals surface area contributed by atoms with Gasteiger partial charge >= 0.3 is 0 Å². The summed E-state index contributed by atoms with van der Waals surface area (Å²) in [5.74, 6) is 0.809.